The molecular weight excluding hydrogens is 246 g/mol. The van der Waals surface area contributed by atoms with E-state index in [4.69, 9.17) is 4.74 Å². The summed E-state index contributed by atoms with van der Waals surface area (Å²) in [6.07, 6.45) is 0.626. The first-order valence-electron chi connectivity index (χ1n) is 6.32. The molecule has 1 heterocycles. The van der Waals surface area contributed by atoms with Gasteiger partial charge in [-0.1, -0.05) is 0 Å². The van der Waals surface area contributed by atoms with E-state index in [0.29, 0.717) is 6.54 Å². The summed E-state index contributed by atoms with van der Waals surface area (Å²) >= 11 is 0. The van der Waals surface area contributed by atoms with Gasteiger partial charge in [-0.3, -0.25) is 9.58 Å². The molecule has 0 radical (unpaired) electrons. The molecule has 0 saturated heterocycles. The third-order valence-corrected chi connectivity index (χ3v) is 2.41. The fraction of sp³-hybridized carbons (Fsp3) is 0.692. The molecule has 19 heavy (non-hydrogen) atoms. The maximum absolute atomic E-state index is 12.1. The van der Waals surface area contributed by atoms with Crippen molar-refractivity contribution in [2.24, 2.45) is 7.05 Å². The molecule has 0 aromatic carbocycles. The smallest absolute Gasteiger partial charge is 0.410 e. The van der Waals surface area contributed by atoms with Crippen molar-refractivity contribution >= 4 is 6.09 Å². The zero-order valence-electron chi connectivity index (χ0n) is 12.3. The molecule has 6 nitrogen and oxygen atoms in total. The molecule has 6 heteroatoms. The van der Waals surface area contributed by atoms with Gasteiger partial charge in [0, 0.05) is 13.2 Å². The summed E-state index contributed by atoms with van der Waals surface area (Å²) in [6, 6.07) is 1.83. The van der Waals surface area contributed by atoms with Crippen LogP contribution >= 0.6 is 0 Å². The third kappa shape index (κ3) is 5.30. The summed E-state index contributed by atoms with van der Waals surface area (Å²) in [4.78, 5) is 13.6. The van der Waals surface area contributed by atoms with Gasteiger partial charge in [-0.2, -0.15) is 5.10 Å². The van der Waals surface area contributed by atoms with E-state index < -0.39 is 17.8 Å². The molecule has 0 fully saturated rings. The van der Waals surface area contributed by atoms with E-state index in [2.05, 4.69) is 5.10 Å². The summed E-state index contributed by atoms with van der Waals surface area (Å²) in [5.74, 6) is 0. The van der Waals surface area contributed by atoms with Crippen LogP contribution in [0.2, 0.25) is 0 Å². The van der Waals surface area contributed by atoms with Crippen LogP contribution in [0.25, 0.3) is 0 Å². The number of carbonyl (C=O) groups is 1. The quantitative estimate of drug-likeness (QED) is 0.900. The Labute approximate surface area is 114 Å². The zero-order valence-corrected chi connectivity index (χ0v) is 12.3. The number of hydrogen-bond acceptors (Lipinski definition) is 4. The average molecular weight is 269 g/mol. The molecule has 0 bridgehead atoms. The lowest BCUT2D eigenvalue weighted by atomic mass is 10.2. The summed E-state index contributed by atoms with van der Waals surface area (Å²) in [5, 5.41) is 13.6. The van der Waals surface area contributed by atoms with Gasteiger partial charge in [-0.05, 0) is 33.8 Å². The number of aryl methyl sites for hydroxylation is 1. The number of aliphatic hydroxyl groups excluding tert-OH is 1. The predicted molar refractivity (Wildman–Crippen MR) is 71.5 cm³/mol. The number of hydrogen-bond donors (Lipinski definition) is 1. The maximum atomic E-state index is 12.1. The predicted octanol–water partition coefficient (Wildman–Crippen LogP) is 1.54. The molecule has 1 rings (SSSR count). The Bertz CT molecular complexity index is 421. The summed E-state index contributed by atoms with van der Waals surface area (Å²) < 4.78 is 7.03. The van der Waals surface area contributed by atoms with E-state index in [9.17, 15) is 9.90 Å². The molecule has 108 valence electrons. The van der Waals surface area contributed by atoms with Crippen molar-refractivity contribution in [2.75, 3.05) is 6.54 Å². The highest BCUT2D eigenvalue weighted by Crippen LogP contribution is 2.12. The van der Waals surface area contributed by atoms with Crippen molar-refractivity contribution in [3.63, 3.8) is 0 Å². The fourth-order valence-electron chi connectivity index (χ4n) is 1.60. The van der Waals surface area contributed by atoms with Crippen molar-refractivity contribution in [1.82, 2.24) is 14.7 Å². The minimum Gasteiger partial charge on any atom is -0.444 e. The van der Waals surface area contributed by atoms with Crippen LogP contribution < -0.4 is 0 Å². The van der Waals surface area contributed by atoms with Gasteiger partial charge < -0.3 is 9.84 Å². The van der Waals surface area contributed by atoms with E-state index in [-0.39, 0.29) is 6.54 Å². The summed E-state index contributed by atoms with van der Waals surface area (Å²) in [7, 11) is 1.81. The van der Waals surface area contributed by atoms with Gasteiger partial charge in [-0.15, -0.1) is 0 Å². The maximum Gasteiger partial charge on any atom is 0.410 e. The van der Waals surface area contributed by atoms with Crippen LogP contribution in [0.4, 0.5) is 4.79 Å². The molecule has 1 aromatic rings. The molecule has 1 atom stereocenters. The highest BCUT2D eigenvalue weighted by atomic mass is 16.6. The van der Waals surface area contributed by atoms with Gasteiger partial charge in [0.2, 0.25) is 0 Å². The average Bonchev–Trinajstić information content (AvgIpc) is 2.60. The Morgan fingerprint density at radius 1 is 1.58 bits per heavy atom. The van der Waals surface area contributed by atoms with Gasteiger partial charge in [0.05, 0.1) is 24.9 Å². The van der Waals surface area contributed by atoms with Crippen molar-refractivity contribution in [3.05, 3.63) is 18.0 Å². The van der Waals surface area contributed by atoms with Crippen LogP contribution in [0.5, 0.6) is 0 Å². The molecule has 1 N–H and O–H groups in total. The lowest BCUT2D eigenvalue weighted by Gasteiger charge is -2.28. The molecule has 1 amide bonds. The molecule has 1 aromatic heterocycles. The zero-order chi connectivity index (χ0) is 14.6. The number of carbonyl (C=O) groups excluding carboxylic acids is 1. The van der Waals surface area contributed by atoms with E-state index in [1.807, 2.05) is 33.9 Å². The van der Waals surface area contributed by atoms with Crippen LogP contribution in [0.3, 0.4) is 0 Å². The van der Waals surface area contributed by atoms with Crippen LogP contribution in [0, 0.1) is 0 Å². The number of amides is 1. The second kappa shape index (κ2) is 6.06. The highest BCUT2D eigenvalue weighted by Gasteiger charge is 2.23. The second-order valence-corrected chi connectivity index (χ2v) is 5.66. The third-order valence-electron chi connectivity index (χ3n) is 2.41. The Hall–Kier alpha value is -1.56. The Kier molecular flexibility index (Phi) is 4.94. The Morgan fingerprint density at radius 2 is 2.21 bits per heavy atom. The fourth-order valence-corrected chi connectivity index (χ4v) is 1.60. The lowest BCUT2D eigenvalue weighted by molar-refractivity contribution is 0.0137. The lowest BCUT2D eigenvalue weighted by Crippen LogP contribution is -2.40. The standard InChI is InChI=1S/C13H23N3O3/c1-10(17)8-16(12(18)19-13(2,3)4)9-11-6-7-14-15(11)5/h6-7,10,17H,8-9H2,1-5H3/t10-/m0/s1. The van der Waals surface area contributed by atoms with Gasteiger partial charge in [0.1, 0.15) is 5.60 Å². The molecule has 0 aliphatic carbocycles. The van der Waals surface area contributed by atoms with Crippen LogP contribution in [0.15, 0.2) is 12.3 Å². The Morgan fingerprint density at radius 3 is 2.63 bits per heavy atom. The number of aliphatic hydroxyl groups is 1. The minimum absolute atomic E-state index is 0.222. The molecule has 0 spiro atoms. The number of aromatic nitrogens is 2. The van der Waals surface area contributed by atoms with Crippen LogP contribution in [0.1, 0.15) is 33.4 Å². The largest absolute Gasteiger partial charge is 0.444 e. The molecule has 0 saturated carbocycles. The summed E-state index contributed by atoms with van der Waals surface area (Å²) in [5.41, 5.74) is 0.326. The minimum atomic E-state index is -0.610. The van der Waals surface area contributed by atoms with Crippen molar-refractivity contribution in [3.8, 4) is 0 Å². The first-order chi connectivity index (χ1) is 8.69. The van der Waals surface area contributed by atoms with Gasteiger partial charge in [-0.25, -0.2) is 4.79 Å². The van der Waals surface area contributed by atoms with Gasteiger partial charge >= 0.3 is 6.09 Å². The monoisotopic (exact) mass is 269 g/mol. The van der Waals surface area contributed by atoms with E-state index >= 15 is 0 Å². The first-order valence-corrected chi connectivity index (χ1v) is 6.32. The number of ether oxygens (including phenoxy) is 1. The van der Waals surface area contributed by atoms with Gasteiger partial charge in [0.15, 0.2) is 0 Å². The van der Waals surface area contributed by atoms with Gasteiger partial charge in [0.25, 0.3) is 0 Å². The number of nitrogens with zero attached hydrogens (tertiary/aromatic N) is 3. The SMILES string of the molecule is C[C@H](O)CN(Cc1ccnn1C)C(=O)OC(C)(C)C. The second-order valence-electron chi connectivity index (χ2n) is 5.66. The van der Waals surface area contributed by atoms with Crippen molar-refractivity contribution < 1.29 is 14.6 Å². The molecule has 0 aliphatic rings. The van der Waals surface area contributed by atoms with E-state index in [1.54, 1.807) is 17.8 Å². The number of rotatable bonds is 4. The van der Waals surface area contributed by atoms with E-state index in [0.717, 1.165) is 5.69 Å². The van der Waals surface area contributed by atoms with Crippen molar-refractivity contribution in [1.29, 1.82) is 0 Å². The van der Waals surface area contributed by atoms with Crippen molar-refractivity contribution in [2.45, 2.75) is 45.9 Å². The van der Waals surface area contributed by atoms with Crippen LogP contribution in [-0.4, -0.2) is 44.1 Å². The topological polar surface area (TPSA) is 67.6 Å². The highest BCUT2D eigenvalue weighted by molar-refractivity contribution is 5.68. The summed E-state index contributed by atoms with van der Waals surface area (Å²) in [6.45, 7) is 7.66. The normalized spacial score (nSPS) is 13.2. The first kappa shape index (κ1) is 15.5. The Balaban J connectivity index is 2.77. The molecule has 0 unspecified atom stereocenters. The molecular formula is C13H23N3O3. The molecule has 0 aliphatic heterocycles. The van der Waals surface area contributed by atoms with Crippen LogP contribution in [-0.2, 0) is 18.3 Å². The van der Waals surface area contributed by atoms with E-state index in [1.165, 1.54) is 4.90 Å².